The van der Waals surface area contributed by atoms with Crippen LogP contribution in [0.5, 0.6) is 0 Å². The molecule has 0 saturated carbocycles. The van der Waals surface area contributed by atoms with Gasteiger partial charge in [-0.05, 0) is 48.9 Å². The van der Waals surface area contributed by atoms with Crippen LogP contribution in [0.25, 0.3) is 0 Å². The maximum absolute atomic E-state index is 12.7. The molecule has 1 amide bonds. The van der Waals surface area contributed by atoms with Gasteiger partial charge in [0.05, 0.1) is 22.0 Å². The topological polar surface area (TPSA) is 66.5 Å². The second-order valence-corrected chi connectivity index (χ2v) is 8.69. The van der Waals surface area contributed by atoms with Gasteiger partial charge in [0.25, 0.3) is 0 Å². The van der Waals surface area contributed by atoms with E-state index in [0.717, 1.165) is 10.6 Å². The Balaban J connectivity index is 2.36. The van der Waals surface area contributed by atoms with Crippen LogP contribution in [0, 0.1) is 0 Å². The van der Waals surface area contributed by atoms with Crippen LogP contribution in [-0.2, 0) is 14.8 Å². The number of benzene rings is 2. The Morgan fingerprint density at radius 3 is 2.19 bits per heavy atom. The molecule has 140 valence electrons. The van der Waals surface area contributed by atoms with Crippen LogP contribution in [0.4, 0.5) is 11.4 Å². The van der Waals surface area contributed by atoms with Crippen molar-refractivity contribution in [3.8, 4) is 0 Å². The zero-order chi connectivity index (χ0) is 19.5. The highest BCUT2D eigenvalue weighted by Crippen LogP contribution is 2.27. The molecule has 0 bridgehead atoms. The molecule has 5 nitrogen and oxygen atoms in total. The van der Waals surface area contributed by atoms with Crippen LogP contribution in [0.15, 0.2) is 42.5 Å². The number of sulfonamides is 1. The number of nitrogens with one attached hydrogen (secondary N) is 1. The first-order valence-corrected chi connectivity index (χ1v) is 10.6. The van der Waals surface area contributed by atoms with E-state index in [9.17, 15) is 13.2 Å². The van der Waals surface area contributed by atoms with Crippen LogP contribution >= 0.6 is 34.8 Å². The van der Waals surface area contributed by atoms with Gasteiger partial charge in [0.2, 0.25) is 15.9 Å². The first kappa shape index (κ1) is 20.8. The van der Waals surface area contributed by atoms with E-state index in [0.29, 0.717) is 21.4 Å². The molecule has 0 aliphatic heterocycles. The fourth-order valence-electron chi connectivity index (χ4n) is 2.45. The van der Waals surface area contributed by atoms with E-state index in [4.69, 9.17) is 34.8 Å². The minimum atomic E-state index is -3.71. The molecule has 1 atom stereocenters. The smallest absolute Gasteiger partial charge is 0.248 e. The molecule has 0 saturated heterocycles. The molecule has 9 heteroatoms. The zero-order valence-corrected chi connectivity index (χ0v) is 17.1. The maximum atomic E-state index is 12.7. The van der Waals surface area contributed by atoms with Crippen LogP contribution in [-0.4, -0.2) is 26.6 Å². The molecule has 0 aromatic heterocycles. The Kier molecular flexibility index (Phi) is 6.80. The van der Waals surface area contributed by atoms with Crippen molar-refractivity contribution in [3.05, 3.63) is 57.5 Å². The minimum Gasteiger partial charge on any atom is -0.324 e. The lowest BCUT2D eigenvalue weighted by Gasteiger charge is -2.30. The van der Waals surface area contributed by atoms with Crippen molar-refractivity contribution in [1.29, 1.82) is 0 Å². The van der Waals surface area contributed by atoms with Gasteiger partial charge in [0, 0.05) is 10.7 Å². The van der Waals surface area contributed by atoms with E-state index in [2.05, 4.69) is 5.32 Å². The SMILES string of the molecule is CC[C@@H](C(=O)Nc1ccc(Cl)c(Cl)c1)N(c1ccc(Cl)cc1)S(C)(=O)=O. The van der Waals surface area contributed by atoms with Gasteiger partial charge in [-0.15, -0.1) is 0 Å². The summed E-state index contributed by atoms with van der Waals surface area (Å²) in [6, 6.07) is 9.94. The number of hydrogen-bond acceptors (Lipinski definition) is 3. The van der Waals surface area contributed by atoms with Crippen LogP contribution < -0.4 is 9.62 Å². The summed E-state index contributed by atoms with van der Waals surface area (Å²) in [4.78, 5) is 12.7. The highest BCUT2D eigenvalue weighted by Gasteiger charge is 2.31. The quantitative estimate of drug-likeness (QED) is 0.706. The summed E-state index contributed by atoms with van der Waals surface area (Å²) >= 11 is 17.7. The average molecular weight is 436 g/mol. The van der Waals surface area contributed by atoms with Crippen molar-refractivity contribution in [2.24, 2.45) is 0 Å². The number of rotatable bonds is 6. The Labute approximate surface area is 167 Å². The van der Waals surface area contributed by atoms with Gasteiger partial charge in [0.1, 0.15) is 6.04 Å². The lowest BCUT2D eigenvalue weighted by molar-refractivity contribution is -0.117. The first-order chi connectivity index (χ1) is 12.1. The van der Waals surface area contributed by atoms with E-state index in [1.165, 1.54) is 6.07 Å². The molecule has 2 rings (SSSR count). The van der Waals surface area contributed by atoms with Crippen molar-refractivity contribution in [2.75, 3.05) is 15.9 Å². The highest BCUT2D eigenvalue weighted by atomic mass is 35.5. The number of nitrogens with zero attached hydrogens (tertiary/aromatic N) is 1. The standard InChI is InChI=1S/C17H17Cl3N2O3S/c1-3-16(17(23)21-12-6-9-14(19)15(20)10-12)22(26(2,24)25)13-7-4-11(18)5-8-13/h4-10,16H,3H2,1-2H3,(H,21,23)/t16-/m0/s1. The predicted octanol–water partition coefficient (Wildman–Crippen LogP) is 4.83. The van der Waals surface area contributed by atoms with Gasteiger partial charge in [-0.2, -0.15) is 0 Å². The molecule has 0 aliphatic carbocycles. The third-order valence-corrected chi connectivity index (χ3v) is 5.77. The summed E-state index contributed by atoms with van der Waals surface area (Å²) in [7, 11) is -3.71. The molecule has 1 N–H and O–H groups in total. The first-order valence-electron chi connectivity index (χ1n) is 7.64. The van der Waals surface area contributed by atoms with E-state index in [-0.39, 0.29) is 11.4 Å². The summed E-state index contributed by atoms with van der Waals surface area (Å²) in [6.07, 6.45) is 1.32. The molecule has 0 unspecified atom stereocenters. The summed E-state index contributed by atoms with van der Waals surface area (Å²) in [5.41, 5.74) is 0.778. The van der Waals surface area contributed by atoms with Crippen molar-refractivity contribution >= 4 is 62.1 Å². The van der Waals surface area contributed by atoms with Gasteiger partial charge in [-0.3, -0.25) is 9.10 Å². The fourth-order valence-corrected chi connectivity index (χ4v) is 4.08. The molecular formula is C17H17Cl3N2O3S. The lowest BCUT2D eigenvalue weighted by Crippen LogP contribution is -2.46. The number of carbonyl (C=O) groups excluding carboxylic acids is 1. The summed E-state index contributed by atoms with van der Waals surface area (Å²) in [5.74, 6) is -0.480. The summed E-state index contributed by atoms with van der Waals surface area (Å²) in [5, 5.41) is 3.79. The Hall–Kier alpha value is -1.47. The highest BCUT2D eigenvalue weighted by molar-refractivity contribution is 7.92. The van der Waals surface area contributed by atoms with Gasteiger partial charge < -0.3 is 5.32 Å². The predicted molar refractivity (Wildman–Crippen MR) is 108 cm³/mol. The third-order valence-electron chi connectivity index (χ3n) is 3.60. The normalized spacial score (nSPS) is 12.5. The maximum Gasteiger partial charge on any atom is 0.248 e. The molecule has 2 aromatic rings. The molecule has 0 aliphatic rings. The van der Waals surface area contributed by atoms with Gasteiger partial charge >= 0.3 is 0 Å². The third kappa shape index (κ3) is 5.04. The van der Waals surface area contributed by atoms with Crippen molar-refractivity contribution in [2.45, 2.75) is 19.4 Å². The minimum absolute atomic E-state index is 0.267. The number of carbonyl (C=O) groups is 1. The van der Waals surface area contributed by atoms with Gasteiger partial charge in [0.15, 0.2) is 0 Å². The summed E-state index contributed by atoms with van der Waals surface area (Å²) < 4.78 is 25.8. The molecule has 0 heterocycles. The van der Waals surface area contributed by atoms with Crippen LogP contribution in [0.2, 0.25) is 15.1 Å². The Morgan fingerprint density at radius 2 is 1.69 bits per heavy atom. The second kappa shape index (κ2) is 8.48. The van der Waals surface area contributed by atoms with E-state index < -0.39 is 22.0 Å². The number of halogens is 3. The van der Waals surface area contributed by atoms with Crippen molar-refractivity contribution < 1.29 is 13.2 Å². The van der Waals surface area contributed by atoms with Gasteiger partial charge in [-0.1, -0.05) is 41.7 Å². The zero-order valence-electron chi connectivity index (χ0n) is 14.0. The molecular weight excluding hydrogens is 419 g/mol. The fraction of sp³-hybridized carbons (Fsp3) is 0.235. The average Bonchev–Trinajstić information content (AvgIpc) is 2.56. The molecule has 2 aromatic carbocycles. The lowest BCUT2D eigenvalue weighted by atomic mass is 10.2. The number of anilines is 2. The van der Waals surface area contributed by atoms with E-state index in [1.807, 2.05) is 0 Å². The monoisotopic (exact) mass is 434 g/mol. The van der Waals surface area contributed by atoms with E-state index >= 15 is 0 Å². The molecule has 0 spiro atoms. The van der Waals surface area contributed by atoms with Crippen LogP contribution in [0.1, 0.15) is 13.3 Å². The molecule has 0 fully saturated rings. The van der Waals surface area contributed by atoms with Crippen molar-refractivity contribution in [1.82, 2.24) is 0 Å². The molecule has 26 heavy (non-hydrogen) atoms. The van der Waals surface area contributed by atoms with Crippen LogP contribution in [0.3, 0.4) is 0 Å². The largest absolute Gasteiger partial charge is 0.324 e. The number of amides is 1. The second-order valence-electron chi connectivity index (χ2n) is 5.58. The van der Waals surface area contributed by atoms with Crippen molar-refractivity contribution in [3.63, 3.8) is 0 Å². The summed E-state index contributed by atoms with van der Waals surface area (Å²) in [6.45, 7) is 1.73. The van der Waals surface area contributed by atoms with Gasteiger partial charge in [-0.25, -0.2) is 8.42 Å². The Morgan fingerprint density at radius 1 is 1.08 bits per heavy atom. The number of hydrogen-bond donors (Lipinski definition) is 1. The Bertz CT molecular complexity index is 902. The molecule has 0 radical (unpaired) electrons. The van der Waals surface area contributed by atoms with E-state index in [1.54, 1.807) is 43.3 Å².